The Balaban J connectivity index is 0.00000240. The molecule has 4 fully saturated rings. The number of hydrogen-bond donors (Lipinski definition) is 1. The summed E-state index contributed by atoms with van der Waals surface area (Å²) in [5.74, 6) is 1.84. The lowest BCUT2D eigenvalue weighted by Crippen LogP contribution is -2.57. The zero-order valence-electron chi connectivity index (χ0n) is 17.8. The van der Waals surface area contributed by atoms with E-state index in [1.165, 1.54) is 0 Å². The highest BCUT2D eigenvalue weighted by Gasteiger charge is 2.62. The van der Waals surface area contributed by atoms with Crippen LogP contribution in [0.15, 0.2) is 0 Å². The Hall–Kier alpha value is -0.940. The van der Waals surface area contributed by atoms with Crippen molar-refractivity contribution in [3.05, 3.63) is 0 Å². The highest BCUT2D eigenvalue weighted by atomic mass is 35.5. The van der Waals surface area contributed by atoms with E-state index >= 15 is 0 Å². The number of esters is 1. The Bertz CT molecular complexity index is 682. The van der Waals surface area contributed by atoms with Gasteiger partial charge in [-0.25, -0.2) is 0 Å². The van der Waals surface area contributed by atoms with Crippen molar-refractivity contribution in [2.24, 2.45) is 40.2 Å². The number of rotatable bonds is 4. The number of hydrogen-bond acceptors (Lipinski definition) is 5. The van der Waals surface area contributed by atoms with Gasteiger partial charge in [-0.05, 0) is 74.7 Å². The summed E-state index contributed by atoms with van der Waals surface area (Å²) in [5.41, 5.74) is 5.28. The van der Waals surface area contributed by atoms with E-state index in [0.29, 0.717) is 68.0 Å². The van der Waals surface area contributed by atoms with Crippen LogP contribution in [0.2, 0.25) is 0 Å². The molecule has 0 heterocycles. The second-order valence-corrected chi connectivity index (χ2v) is 10.3. The molecule has 0 radical (unpaired) electrons. The third kappa shape index (κ3) is 3.67. The fourth-order valence-electron chi connectivity index (χ4n) is 7.37. The SMILES string of the molecule is C[C@]12CC[C@H](OC(=O)CCCN)CC1C(=O)C[C@@H]1[C@@H]2CC[C@]2(C)C(=O)CC[C@@H]12.Cl. The summed E-state index contributed by atoms with van der Waals surface area (Å²) >= 11 is 0. The maximum absolute atomic E-state index is 13.2. The molecular weight excluding hydrogens is 390 g/mol. The Morgan fingerprint density at radius 1 is 1.14 bits per heavy atom. The predicted octanol–water partition coefficient (Wildman–Crippen LogP) is 3.85. The Morgan fingerprint density at radius 2 is 1.90 bits per heavy atom. The molecule has 0 aliphatic heterocycles. The highest BCUT2D eigenvalue weighted by molar-refractivity contribution is 5.88. The van der Waals surface area contributed by atoms with E-state index < -0.39 is 0 Å². The van der Waals surface area contributed by atoms with Crippen LogP contribution in [0.25, 0.3) is 0 Å². The predicted molar refractivity (Wildman–Crippen MR) is 113 cm³/mol. The maximum atomic E-state index is 13.2. The summed E-state index contributed by atoms with van der Waals surface area (Å²) in [5, 5.41) is 0. The lowest BCUT2D eigenvalue weighted by molar-refractivity contribution is -0.170. The van der Waals surface area contributed by atoms with Crippen LogP contribution in [0.5, 0.6) is 0 Å². The Labute approximate surface area is 180 Å². The number of halogens is 1. The minimum Gasteiger partial charge on any atom is -0.462 e. The molecule has 1 unspecified atom stereocenters. The Morgan fingerprint density at radius 3 is 2.62 bits per heavy atom. The molecule has 0 spiro atoms. The van der Waals surface area contributed by atoms with Crippen LogP contribution in [0, 0.1) is 34.5 Å². The molecule has 164 valence electrons. The standard InChI is InChI=1S/C23H35NO4.ClH/c1-22-9-7-14(28-21(27)4-3-11-24)12-18(22)19(25)13-15-16-5-6-20(26)23(16,2)10-8-17(15)22;/h14-18H,3-13,24H2,1-2H3;1H/t14-,15-,16-,17-,18?,22+,23-;/m0./s1. The summed E-state index contributed by atoms with van der Waals surface area (Å²) in [7, 11) is 0. The first kappa shape index (κ1) is 22.7. The highest BCUT2D eigenvalue weighted by Crippen LogP contribution is 2.64. The third-order valence-electron chi connectivity index (χ3n) is 9.00. The number of ether oxygens (including phenoxy) is 1. The van der Waals surface area contributed by atoms with Crippen LogP contribution < -0.4 is 5.73 Å². The molecular formula is C23H36ClNO4. The quantitative estimate of drug-likeness (QED) is 0.691. The first-order valence-corrected chi connectivity index (χ1v) is 11.2. The van der Waals surface area contributed by atoms with Gasteiger partial charge in [0.25, 0.3) is 0 Å². The second-order valence-electron chi connectivity index (χ2n) is 10.3. The molecule has 4 rings (SSSR count). The number of carbonyl (C=O) groups excluding carboxylic acids is 3. The van der Waals surface area contributed by atoms with E-state index in [4.69, 9.17) is 10.5 Å². The van der Waals surface area contributed by atoms with Crippen molar-refractivity contribution in [1.29, 1.82) is 0 Å². The van der Waals surface area contributed by atoms with Crippen LogP contribution in [0.3, 0.4) is 0 Å². The lowest BCUT2D eigenvalue weighted by Gasteiger charge is -2.59. The molecule has 4 aliphatic carbocycles. The van der Waals surface area contributed by atoms with Crippen LogP contribution in [0.4, 0.5) is 0 Å². The average molecular weight is 426 g/mol. The van der Waals surface area contributed by atoms with Gasteiger partial charge in [-0.15, -0.1) is 12.4 Å². The summed E-state index contributed by atoms with van der Waals surface area (Å²) in [6, 6.07) is 0. The first-order valence-electron chi connectivity index (χ1n) is 11.2. The van der Waals surface area contributed by atoms with Gasteiger partial charge in [-0.1, -0.05) is 13.8 Å². The van der Waals surface area contributed by atoms with E-state index in [-0.39, 0.29) is 41.2 Å². The van der Waals surface area contributed by atoms with Crippen LogP contribution in [-0.4, -0.2) is 30.2 Å². The summed E-state index contributed by atoms with van der Waals surface area (Å²) in [4.78, 5) is 37.8. The molecule has 7 atom stereocenters. The van der Waals surface area contributed by atoms with E-state index in [1.54, 1.807) is 0 Å². The molecule has 0 bridgehead atoms. The number of fused-ring (bicyclic) bond motifs is 5. The summed E-state index contributed by atoms with van der Waals surface area (Å²) < 4.78 is 5.68. The van der Waals surface area contributed by atoms with Gasteiger partial charge in [0, 0.05) is 30.6 Å². The molecule has 0 aromatic carbocycles. The lowest BCUT2D eigenvalue weighted by atomic mass is 9.45. The number of nitrogens with two attached hydrogens (primary N) is 1. The molecule has 0 amide bonds. The molecule has 2 N–H and O–H groups in total. The number of carbonyl (C=O) groups is 3. The number of ketones is 2. The maximum Gasteiger partial charge on any atom is 0.306 e. The molecule has 0 saturated heterocycles. The average Bonchev–Trinajstić information content (AvgIpc) is 2.96. The minimum absolute atomic E-state index is 0. The summed E-state index contributed by atoms with van der Waals surface area (Å²) in [6.07, 6.45) is 7.65. The van der Waals surface area contributed by atoms with E-state index in [0.717, 1.165) is 32.1 Å². The zero-order chi connectivity index (χ0) is 20.1. The van der Waals surface area contributed by atoms with Crippen LogP contribution in [-0.2, 0) is 19.1 Å². The van der Waals surface area contributed by atoms with Gasteiger partial charge >= 0.3 is 5.97 Å². The zero-order valence-corrected chi connectivity index (χ0v) is 18.6. The van der Waals surface area contributed by atoms with Gasteiger partial charge in [-0.2, -0.15) is 0 Å². The largest absolute Gasteiger partial charge is 0.462 e. The third-order valence-corrected chi connectivity index (χ3v) is 9.00. The van der Waals surface area contributed by atoms with Crippen molar-refractivity contribution in [1.82, 2.24) is 0 Å². The van der Waals surface area contributed by atoms with Crippen molar-refractivity contribution < 1.29 is 19.1 Å². The van der Waals surface area contributed by atoms with Gasteiger partial charge < -0.3 is 10.5 Å². The fraction of sp³-hybridized carbons (Fsp3) is 0.870. The van der Waals surface area contributed by atoms with Crippen LogP contribution in [0.1, 0.15) is 78.1 Å². The topological polar surface area (TPSA) is 86.5 Å². The van der Waals surface area contributed by atoms with Gasteiger partial charge in [0.05, 0.1) is 0 Å². The molecule has 4 saturated carbocycles. The normalized spacial score (nSPS) is 43.6. The fourth-order valence-corrected chi connectivity index (χ4v) is 7.37. The van der Waals surface area contributed by atoms with E-state index in [9.17, 15) is 14.4 Å². The van der Waals surface area contributed by atoms with Crippen molar-refractivity contribution in [2.45, 2.75) is 84.2 Å². The summed E-state index contributed by atoms with van der Waals surface area (Å²) in [6.45, 7) is 4.95. The smallest absolute Gasteiger partial charge is 0.306 e. The van der Waals surface area contributed by atoms with E-state index in [1.807, 2.05) is 0 Å². The minimum atomic E-state index is -0.194. The molecule has 4 aliphatic rings. The molecule has 0 aromatic heterocycles. The molecule has 6 heteroatoms. The van der Waals surface area contributed by atoms with Crippen molar-refractivity contribution >= 4 is 29.9 Å². The van der Waals surface area contributed by atoms with E-state index in [2.05, 4.69) is 13.8 Å². The van der Waals surface area contributed by atoms with Crippen molar-refractivity contribution in [3.63, 3.8) is 0 Å². The molecule has 0 aromatic rings. The van der Waals surface area contributed by atoms with Gasteiger partial charge in [0.1, 0.15) is 17.7 Å². The first-order chi connectivity index (χ1) is 13.3. The van der Waals surface area contributed by atoms with Crippen molar-refractivity contribution in [2.75, 3.05) is 6.54 Å². The number of Topliss-reactive ketones (excluding diaryl/α,β-unsaturated/α-hetero) is 2. The van der Waals surface area contributed by atoms with Crippen molar-refractivity contribution in [3.8, 4) is 0 Å². The van der Waals surface area contributed by atoms with Gasteiger partial charge in [-0.3, -0.25) is 14.4 Å². The molecule has 5 nitrogen and oxygen atoms in total. The Kier molecular flexibility index (Phi) is 6.51. The van der Waals surface area contributed by atoms with Crippen LogP contribution >= 0.6 is 12.4 Å². The molecule has 29 heavy (non-hydrogen) atoms. The van der Waals surface area contributed by atoms with Gasteiger partial charge in [0.15, 0.2) is 0 Å². The second kappa shape index (κ2) is 8.30. The van der Waals surface area contributed by atoms with Gasteiger partial charge in [0.2, 0.25) is 0 Å². The monoisotopic (exact) mass is 425 g/mol.